The molecule has 1 aliphatic rings. The molecule has 0 spiro atoms. The standard InChI is InChI=1S/C13H20F3N3OS/c1-19(8-13(14,15)16)12-18-11(9-3-4-9)10(21-12)7-17-5-6-20-2/h9,17H,3-8H2,1-2H3. The Hall–Kier alpha value is -0.860. The first-order valence-electron chi connectivity index (χ1n) is 6.88. The quantitative estimate of drug-likeness (QED) is 0.747. The number of thiazole rings is 1. The molecule has 1 aromatic heterocycles. The predicted octanol–water partition coefficient (Wildman–Crippen LogP) is 2.76. The van der Waals surface area contributed by atoms with Crippen LogP contribution in [-0.2, 0) is 11.3 Å². The Morgan fingerprint density at radius 3 is 2.71 bits per heavy atom. The fourth-order valence-corrected chi connectivity index (χ4v) is 3.10. The number of nitrogens with one attached hydrogen (secondary N) is 1. The third-order valence-electron chi connectivity index (χ3n) is 3.19. The van der Waals surface area contributed by atoms with Crippen LogP contribution in [0.2, 0.25) is 0 Å². The number of hydrogen-bond acceptors (Lipinski definition) is 5. The first-order chi connectivity index (χ1) is 9.90. The number of anilines is 1. The lowest BCUT2D eigenvalue weighted by Gasteiger charge is -2.17. The molecule has 0 aliphatic heterocycles. The van der Waals surface area contributed by atoms with Gasteiger partial charge in [0.15, 0.2) is 5.13 Å². The highest BCUT2D eigenvalue weighted by Crippen LogP contribution is 2.44. The van der Waals surface area contributed by atoms with Gasteiger partial charge in [-0.1, -0.05) is 0 Å². The van der Waals surface area contributed by atoms with E-state index in [9.17, 15) is 13.2 Å². The molecule has 1 heterocycles. The predicted molar refractivity (Wildman–Crippen MR) is 77.0 cm³/mol. The van der Waals surface area contributed by atoms with Crippen LogP contribution in [0, 0.1) is 0 Å². The zero-order valence-corrected chi connectivity index (χ0v) is 13.0. The lowest BCUT2D eigenvalue weighted by atomic mass is 10.2. The second-order valence-electron chi connectivity index (χ2n) is 5.22. The van der Waals surface area contributed by atoms with Crippen molar-refractivity contribution in [1.82, 2.24) is 10.3 Å². The molecule has 0 bridgehead atoms. The fourth-order valence-electron chi connectivity index (χ4n) is 2.03. The maximum atomic E-state index is 12.5. The van der Waals surface area contributed by atoms with Crippen LogP contribution in [0.5, 0.6) is 0 Å². The molecule has 120 valence electrons. The molecule has 1 aromatic rings. The third-order valence-corrected chi connectivity index (χ3v) is 4.38. The number of nitrogens with zero attached hydrogens (tertiary/aromatic N) is 2. The van der Waals surface area contributed by atoms with Gasteiger partial charge in [0.05, 0.1) is 12.3 Å². The summed E-state index contributed by atoms with van der Waals surface area (Å²) in [7, 11) is 3.07. The second kappa shape index (κ2) is 6.93. The number of rotatable bonds is 8. The van der Waals surface area contributed by atoms with E-state index in [0.717, 1.165) is 23.4 Å². The van der Waals surface area contributed by atoms with Gasteiger partial charge in [0.1, 0.15) is 6.54 Å². The number of halogens is 3. The number of ether oxygens (including phenoxy) is 1. The highest BCUT2D eigenvalue weighted by Gasteiger charge is 2.33. The minimum atomic E-state index is -4.21. The molecule has 8 heteroatoms. The van der Waals surface area contributed by atoms with Crippen molar-refractivity contribution < 1.29 is 17.9 Å². The van der Waals surface area contributed by atoms with Gasteiger partial charge in [-0.25, -0.2) is 4.98 Å². The molecule has 1 aliphatic carbocycles. The molecular weight excluding hydrogens is 303 g/mol. The van der Waals surface area contributed by atoms with Gasteiger partial charge < -0.3 is 15.0 Å². The molecule has 1 fully saturated rings. The Balaban J connectivity index is 2.02. The molecule has 0 saturated heterocycles. The third kappa shape index (κ3) is 5.12. The van der Waals surface area contributed by atoms with Gasteiger partial charge in [0.25, 0.3) is 0 Å². The van der Waals surface area contributed by atoms with Crippen molar-refractivity contribution in [2.75, 3.05) is 38.8 Å². The Morgan fingerprint density at radius 2 is 2.14 bits per heavy atom. The van der Waals surface area contributed by atoms with Crippen molar-refractivity contribution in [2.45, 2.75) is 31.5 Å². The maximum absolute atomic E-state index is 12.5. The van der Waals surface area contributed by atoms with Gasteiger partial charge in [-0.15, -0.1) is 11.3 Å². The van der Waals surface area contributed by atoms with E-state index in [2.05, 4.69) is 10.3 Å². The second-order valence-corrected chi connectivity index (χ2v) is 6.28. The van der Waals surface area contributed by atoms with Crippen molar-refractivity contribution in [3.8, 4) is 0 Å². The Labute approximate surface area is 126 Å². The number of methoxy groups -OCH3 is 1. The van der Waals surface area contributed by atoms with Crippen molar-refractivity contribution >= 4 is 16.5 Å². The van der Waals surface area contributed by atoms with Crippen molar-refractivity contribution in [3.63, 3.8) is 0 Å². The van der Waals surface area contributed by atoms with Crippen LogP contribution in [0.4, 0.5) is 18.3 Å². The molecular formula is C13H20F3N3OS. The van der Waals surface area contributed by atoms with E-state index in [4.69, 9.17) is 4.74 Å². The monoisotopic (exact) mass is 323 g/mol. The molecule has 21 heavy (non-hydrogen) atoms. The van der Waals surface area contributed by atoms with Gasteiger partial charge in [-0.3, -0.25) is 0 Å². The van der Waals surface area contributed by atoms with Gasteiger partial charge in [0.2, 0.25) is 0 Å². The van der Waals surface area contributed by atoms with Gasteiger partial charge >= 0.3 is 6.18 Å². The highest BCUT2D eigenvalue weighted by molar-refractivity contribution is 7.15. The van der Waals surface area contributed by atoms with E-state index in [1.807, 2.05) is 0 Å². The summed E-state index contributed by atoms with van der Waals surface area (Å²) in [6.07, 6.45) is -2.05. The van der Waals surface area contributed by atoms with E-state index in [1.54, 1.807) is 7.11 Å². The largest absolute Gasteiger partial charge is 0.405 e. The average molecular weight is 323 g/mol. The van der Waals surface area contributed by atoms with Crippen molar-refractivity contribution in [2.24, 2.45) is 0 Å². The van der Waals surface area contributed by atoms with Gasteiger partial charge in [0, 0.05) is 38.0 Å². The fraction of sp³-hybridized carbons (Fsp3) is 0.769. The highest BCUT2D eigenvalue weighted by atomic mass is 32.1. The molecule has 4 nitrogen and oxygen atoms in total. The van der Waals surface area contributed by atoms with Gasteiger partial charge in [-0.2, -0.15) is 13.2 Å². The maximum Gasteiger partial charge on any atom is 0.405 e. The summed E-state index contributed by atoms with van der Waals surface area (Å²) in [5.41, 5.74) is 0.967. The Morgan fingerprint density at radius 1 is 1.43 bits per heavy atom. The van der Waals surface area contributed by atoms with Crippen molar-refractivity contribution in [1.29, 1.82) is 0 Å². The van der Waals surface area contributed by atoms with E-state index >= 15 is 0 Å². The van der Waals surface area contributed by atoms with Gasteiger partial charge in [-0.05, 0) is 12.8 Å². The molecule has 0 radical (unpaired) electrons. The van der Waals surface area contributed by atoms with Crippen LogP contribution in [0.15, 0.2) is 0 Å². The summed E-state index contributed by atoms with van der Waals surface area (Å²) < 4.78 is 42.4. The normalized spacial score (nSPS) is 15.5. The van der Waals surface area contributed by atoms with Crippen LogP contribution in [0.1, 0.15) is 29.3 Å². The summed E-state index contributed by atoms with van der Waals surface area (Å²) in [5, 5.41) is 3.67. The van der Waals surface area contributed by atoms with Crippen LogP contribution in [-0.4, -0.2) is 45.0 Å². The molecule has 0 atom stereocenters. The number of hydrogen-bond donors (Lipinski definition) is 1. The lowest BCUT2D eigenvalue weighted by molar-refractivity contribution is -0.119. The zero-order chi connectivity index (χ0) is 15.5. The van der Waals surface area contributed by atoms with E-state index < -0.39 is 12.7 Å². The lowest BCUT2D eigenvalue weighted by Crippen LogP contribution is -2.30. The molecule has 1 N–H and O–H groups in total. The molecule has 2 rings (SSSR count). The molecule has 1 saturated carbocycles. The van der Waals surface area contributed by atoms with Crippen LogP contribution < -0.4 is 10.2 Å². The summed E-state index contributed by atoms with van der Waals surface area (Å²) in [6.45, 7) is 0.985. The first kappa shape index (κ1) is 16.5. The van der Waals surface area contributed by atoms with Crippen molar-refractivity contribution in [3.05, 3.63) is 10.6 Å². The first-order valence-corrected chi connectivity index (χ1v) is 7.69. The molecule has 0 aromatic carbocycles. The van der Waals surface area contributed by atoms with Crippen LogP contribution >= 0.6 is 11.3 Å². The average Bonchev–Trinajstić information content (AvgIpc) is 3.13. The molecule has 0 unspecified atom stereocenters. The topological polar surface area (TPSA) is 37.4 Å². The number of aromatic nitrogens is 1. The van der Waals surface area contributed by atoms with E-state index in [0.29, 0.717) is 30.7 Å². The van der Waals surface area contributed by atoms with E-state index in [-0.39, 0.29) is 0 Å². The summed E-state index contributed by atoms with van der Waals surface area (Å²) in [4.78, 5) is 6.64. The summed E-state index contributed by atoms with van der Waals surface area (Å²) >= 11 is 1.35. The van der Waals surface area contributed by atoms with E-state index in [1.165, 1.54) is 23.3 Å². The summed E-state index contributed by atoms with van der Waals surface area (Å²) in [5.74, 6) is 0.425. The number of alkyl halides is 3. The Bertz CT molecular complexity index is 460. The van der Waals surface area contributed by atoms with Crippen LogP contribution in [0.25, 0.3) is 0 Å². The smallest absolute Gasteiger partial charge is 0.383 e. The minimum Gasteiger partial charge on any atom is -0.383 e. The SMILES string of the molecule is COCCNCc1sc(N(C)CC(F)(F)F)nc1C1CC1. The zero-order valence-electron chi connectivity index (χ0n) is 12.2. The van der Waals surface area contributed by atoms with Crippen LogP contribution in [0.3, 0.4) is 0 Å². The Kier molecular flexibility index (Phi) is 5.45. The summed E-state index contributed by atoms with van der Waals surface area (Å²) in [6, 6.07) is 0. The molecule has 0 amide bonds. The minimum absolute atomic E-state index is 0.425.